The molecule has 1 aromatic rings. The van der Waals surface area contributed by atoms with Crippen LogP contribution in [0.5, 0.6) is 0 Å². The summed E-state index contributed by atoms with van der Waals surface area (Å²) in [6.45, 7) is 5.21. The smallest absolute Gasteiger partial charge is 0.191 e. The normalized spacial score (nSPS) is 25.1. The third-order valence-electron chi connectivity index (χ3n) is 6.08. The maximum absolute atomic E-state index is 12.2. The Labute approximate surface area is 196 Å². The van der Waals surface area contributed by atoms with E-state index in [4.69, 9.17) is 0 Å². The molecule has 29 heavy (non-hydrogen) atoms. The van der Waals surface area contributed by atoms with E-state index < -0.39 is 10.8 Å². The van der Waals surface area contributed by atoms with Gasteiger partial charge >= 0.3 is 0 Å². The van der Waals surface area contributed by atoms with E-state index in [2.05, 4.69) is 50.9 Å². The van der Waals surface area contributed by atoms with Crippen molar-refractivity contribution in [3.05, 3.63) is 35.9 Å². The van der Waals surface area contributed by atoms with Crippen LogP contribution in [0.2, 0.25) is 0 Å². The molecule has 1 saturated heterocycles. The Balaban J connectivity index is 0.00000300. The van der Waals surface area contributed by atoms with Gasteiger partial charge in [0.05, 0.1) is 6.04 Å². The predicted molar refractivity (Wildman–Crippen MR) is 135 cm³/mol. The van der Waals surface area contributed by atoms with E-state index >= 15 is 0 Å². The zero-order valence-corrected chi connectivity index (χ0v) is 21.0. The second kappa shape index (κ2) is 12.9. The number of guanidine groups is 1. The molecule has 4 unspecified atom stereocenters. The van der Waals surface area contributed by atoms with Crippen molar-refractivity contribution in [1.29, 1.82) is 0 Å². The summed E-state index contributed by atoms with van der Waals surface area (Å²) in [7, 11) is 1.14. The Hall–Kier alpha value is -0.670. The lowest BCUT2D eigenvalue weighted by Crippen LogP contribution is -2.48. The van der Waals surface area contributed by atoms with Crippen molar-refractivity contribution in [2.75, 3.05) is 32.4 Å². The SMILES string of the molecule is CCS(=O)C1CCCC(NC(=NC)NCC(c2ccccc2)N2CCCC2)C1.I. The Morgan fingerprint density at radius 2 is 1.93 bits per heavy atom. The first kappa shape index (κ1) is 24.6. The number of hydrogen-bond donors (Lipinski definition) is 2. The van der Waals surface area contributed by atoms with Crippen LogP contribution in [0.1, 0.15) is 57.1 Å². The highest BCUT2D eigenvalue weighted by Gasteiger charge is 2.27. The van der Waals surface area contributed by atoms with E-state index in [1.165, 1.54) is 31.5 Å². The highest BCUT2D eigenvalue weighted by atomic mass is 127. The van der Waals surface area contributed by atoms with Crippen LogP contribution in [0.3, 0.4) is 0 Å². The summed E-state index contributed by atoms with van der Waals surface area (Å²) < 4.78 is 12.2. The molecular formula is C22H37IN4OS. The van der Waals surface area contributed by atoms with Crippen molar-refractivity contribution in [1.82, 2.24) is 15.5 Å². The van der Waals surface area contributed by atoms with Crippen LogP contribution in [-0.4, -0.2) is 58.8 Å². The Morgan fingerprint density at radius 3 is 2.59 bits per heavy atom. The number of hydrogen-bond acceptors (Lipinski definition) is 3. The molecule has 1 heterocycles. The average molecular weight is 533 g/mol. The minimum atomic E-state index is -0.696. The van der Waals surface area contributed by atoms with Crippen LogP contribution in [0, 0.1) is 0 Å². The summed E-state index contributed by atoms with van der Waals surface area (Å²) in [6, 6.07) is 11.5. The number of nitrogens with one attached hydrogen (secondary N) is 2. The Bertz CT molecular complexity index is 651. The van der Waals surface area contributed by atoms with Gasteiger partial charge in [0, 0.05) is 41.4 Å². The van der Waals surface area contributed by atoms with Gasteiger partial charge in [0.1, 0.15) is 0 Å². The molecule has 0 spiro atoms. The fraction of sp³-hybridized carbons (Fsp3) is 0.682. The topological polar surface area (TPSA) is 56.7 Å². The molecule has 1 aliphatic heterocycles. The van der Waals surface area contributed by atoms with Crippen molar-refractivity contribution in [2.24, 2.45) is 4.99 Å². The number of likely N-dealkylation sites (tertiary alicyclic amines) is 1. The lowest BCUT2D eigenvalue weighted by atomic mass is 9.95. The zero-order chi connectivity index (χ0) is 19.8. The lowest BCUT2D eigenvalue weighted by Gasteiger charge is -2.32. The zero-order valence-electron chi connectivity index (χ0n) is 17.8. The molecule has 0 aromatic heterocycles. The molecule has 1 aliphatic carbocycles. The van der Waals surface area contributed by atoms with Gasteiger partial charge in [0.15, 0.2) is 5.96 Å². The number of aliphatic imine (C=N–C) groups is 1. The monoisotopic (exact) mass is 532 g/mol. The molecule has 2 N–H and O–H groups in total. The molecule has 7 heteroatoms. The van der Waals surface area contributed by atoms with Gasteiger partial charge in [-0.05, 0) is 50.8 Å². The van der Waals surface area contributed by atoms with E-state index in [1.54, 1.807) is 0 Å². The number of rotatable bonds is 7. The predicted octanol–water partition coefficient (Wildman–Crippen LogP) is 3.69. The summed E-state index contributed by atoms with van der Waals surface area (Å²) in [5, 5.41) is 7.50. The number of benzene rings is 1. The molecule has 5 nitrogen and oxygen atoms in total. The molecule has 3 rings (SSSR count). The average Bonchev–Trinajstić information content (AvgIpc) is 3.28. The van der Waals surface area contributed by atoms with Crippen LogP contribution in [0.25, 0.3) is 0 Å². The van der Waals surface area contributed by atoms with Gasteiger partial charge in [0.2, 0.25) is 0 Å². The summed E-state index contributed by atoms with van der Waals surface area (Å²) in [5.41, 5.74) is 1.36. The van der Waals surface area contributed by atoms with Crippen molar-refractivity contribution in [3.8, 4) is 0 Å². The van der Waals surface area contributed by atoms with Crippen LogP contribution in [0.15, 0.2) is 35.3 Å². The third kappa shape index (κ3) is 7.21. The maximum Gasteiger partial charge on any atom is 0.191 e. The molecule has 0 amide bonds. The van der Waals surface area contributed by atoms with Crippen molar-refractivity contribution in [3.63, 3.8) is 0 Å². The van der Waals surface area contributed by atoms with Gasteiger partial charge in [-0.2, -0.15) is 0 Å². The largest absolute Gasteiger partial charge is 0.354 e. The fourth-order valence-electron chi connectivity index (χ4n) is 4.52. The first-order chi connectivity index (χ1) is 13.7. The standard InChI is InChI=1S/C22H36N4OS.HI/c1-3-28(27)20-13-9-12-19(16-20)25-22(23-2)24-17-21(26-14-7-8-15-26)18-10-5-4-6-11-18;/h4-6,10-11,19-21H,3,7-9,12-17H2,1-2H3,(H2,23,24,25);1H. The first-order valence-electron chi connectivity index (χ1n) is 10.8. The van der Waals surface area contributed by atoms with Crippen LogP contribution < -0.4 is 10.6 Å². The highest BCUT2D eigenvalue weighted by Crippen LogP contribution is 2.25. The van der Waals surface area contributed by atoms with Crippen LogP contribution in [-0.2, 0) is 10.8 Å². The van der Waals surface area contributed by atoms with Gasteiger partial charge < -0.3 is 10.6 Å². The van der Waals surface area contributed by atoms with Gasteiger partial charge in [-0.3, -0.25) is 14.1 Å². The molecule has 0 radical (unpaired) electrons. The van der Waals surface area contributed by atoms with Crippen molar-refractivity contribution < 1.29 is 4.21 Å². The minimum Gasteiger partial charge on any atom is -0.354 e. The Morgan fingerprint density at radius 1 is 1.21 bits per heavy atom. The number of halogens is 1. The molecule has 164 valence electrons. The molecular weight excluding hydrogens is 495 g/mol. The fourth-order valence-corrected chi connectivity index (χ4v) is 5.87. The van der Waals surface area contributed by atoms with E-state index in [9.17, 15) is 4.21 Å². The number of nitrogens with zero attached hydrogens (tertiary/aromatic N) is 2. The lowest BCUT2D eigenvalue weighted by molar-refractivity contribution is 0.245. The molecule has 4 atom stereocenters. The second-order valence-electron chi connectivity index (χ2n) is 7.92. The molecule has 0 bridgehead atoms. The summed E-state index contributed by atoms with van der Waals surface area (Å²) in [4.78, 5) is 7.04. The quantitative estimate of drug-likeness (QED) is 0.320. The molecule has 2 fully saturated rings. The van der Waals surface area contributed by atoms with Gasteiger partial charge in [-0.1, -0.05) is 43.7 Å². The van der Waals surface area contributed by atoms with Gasteiger partial charge in [-0.15, -0.1) is 24.0 Å². The van der Waals surface area contributed by atoms with Gasteiger partial charge in [-0.25, -0.2) is 0 Å². The molecule has 1 aromatic carbocycles. The van der Waals surface area contributed by atoms with E-state index in [1.807, 2.05) is 14.0 Å². The minimum absolute atomic E-state index is 0. The summed E-state index contributed by atoms with van der Waals surface area (Å²) in [5.74, 6) is 1.63. The maximum atomic E-state index is 12.2. The summed E-state index contributed by atoms with van der Waals surface area (Å²) >= 11 is 0. The molecule has 1 saturated carbocycles. The van der Waals surface area contributed by atoms with Crippen molar-refractivity contribution >= 4 is 40.7 Å². The molecule has 2 aliphatic rings. The van der Waals surface area contributed by atoms with E-state index in [0.717, 1.165) is 43.9 Å². The van der Waals surface area contributed by atoms with Crippen molar-refractivity contribution in [2.45, 2.75) is 62.8 Å². The summed E-state index contributed by atoms with van der Waals surface area (Å²) in [6.07, 6.45) is 6.92. The van der Waals surface area contributed by atoms with Gasteiger partial charge in [0.25, 0.3) is 0 Å². The van der Waals surface area contributed by atoms with Crippen LogP contribution >= 0.6 is 24.0 Å². The third-order valence-corrected chi connectivity index (χ3v) is 7.82. The Kier molecular flexibility index (Phi) is 10.9. The van der Waals surface area contributed by atoms with Crippen LogP contribution in [0.4, 0.5) is 0 Å². The first-order valence-corrected chi connectivity index (χ1v) is 12.2. The van der Waals surface area contributed by atoms with E-state index in [0.29, 0.717) is 17.3 Å². The second-order valence-corrected chi connectivity index (χ2v) is 9.93. The van der Waals surface area contributed by atoms with E-state index in [-0.39, 0.29) is 24.0 Å². The highest BCUT2D eigenvalue weighted by molar-refractivity contribution is 14.0.